The summed E-state index contributed by atoms with van der Waals surface area (Å²) in [6.07, 6.45) is 0.742. The Balaban J connectivity index is 1.77. The van der Waals surface area contributed by atoms with Gasteiger partial charge in [0.25, 0.3) is 5.91 Å². The van der Waals surface area contributed by atoms with Crippen LogP contribution in [0.4, 0.5) is 10.5 Å². The maximum Gasteiger partial charge on any atom is 0.325 e. The van der Waals surface area contributed by atoms with Crippen molar-refractivity contribution in [3.8, 4) is 0 Å². The van der Waals surface area contributed by atoms with Crippen LogP contribution in [-0.4, -0.2) is 61.6 Å². The van der Waals surface area contributed by atoms with Gasteiger partial charge in [-0.25, -0.2) is 13.2 Å². The lowest BCUT2D eigenvalue weighted by molar-refractivity contribution is -0.128. The van der Waals surface area contributed by atoms with Crippen LogP contribution in [0.1, 0.15) is 20.3 Å². The van der Waals surface area contributed by atoms with Crippen molar-refractivity contribution >= 4 is 45.2 Å². The van der Waals surface area contributed by atoms with E-state index in [9.17, 15) is 22.8 Å². The standard InChI is InChI=1S/C17H21ClN4O5S/c1-17(2)5-6-21(10-17)28(26,27)13-7-11(3-4-12(13)18)20-14(23)9-22-15(24)8-19-16(22)25/h3-4,7H,5-6,8-10H2,1-2H3,(H,19,25)(H,20,23). The number of benzene rings is 1. The topological polar surface area (TPSA) is 116 Å². The van der Waals surface area contributed by atoms with Gasteiger partial charge in [0.2, 0.25) is 15.9 Å². The highest BCUT2D eigenvalue weighted by molar-refractivity contribution is 7.89. The minimum absolute atomic E-state index is 0.0526. The number of sulfonamides is 1. The molecule has 2 heterocycles. The molecule has 1 aromatic carbocycles. The minimum atomic E-state index is -3.82. The van der Waals surface area contributed by atoms with Crippen LogP contribution in [0.3, 0.4) is 0 Å². The van der Waals surface area contributed by atoms with Crippen molar-refractivity contribution in [2.45, 2.75) is 25.2 Å². The molecule has 2 saturated heterocycles. The lowest BCUT2D eigenvalue weighted by Gasteiger charge is -2.20. The van der Waals surface area contributed by atoms with Crippen molar-refractivity contribution in [3.05, 3.63) is 23.2 Å². The molecule has 0 radical (unpaired) electrons. The maximum absolute atomic E-state index is 13.0. The third kappa shape index (κ3) is 4.13. The first-order valence-corrected chi connectivity index (χ1v) is 10.5. The number of carbonyl (C=O) groups excluding carboxylic acids is 3. The summed E-state index contributed by atoms with van der Waals surface area (Å²) in [5.74, 6) is -1.13. The number of hydrogen-bond donors (Lipinski definition) is 2. The van der Waals surface area contributed by atoms with Gasteiger partial charge < -0.3 is 10.6 Å². The van der Waals surface area contributed by atoms with Gasteiger partial charge >= 0.3 is 6.03 Å². The van der Waals surface area contributed by atoms with Gasteiger partial charge in [0.1, 0.15) is 11.4 Å². The molecular formula is C17H21ClN4O5S. The molecule has 9 nitrogen and oxygen atoms in total. The zero-order valence-electron chi connectivity index (χ0n) is 15.5. The molecule has 0 bridgehead atoms. The van der Waals surface area contributed by atoms with E-state index in [1.807, 2.05) is 13.8 Å². The molecule has 152 valence electrons. The summed E-state index contributed by atoms with van der Waals surface area (Å²) in [6.45, 7) is 4.16. The molecule has 0 unspecified atom stereocenters. The van der Waals surface area contributed by atoms with Crippen LogP contribution in [0.15, 0.2) is 23.1 Å². The number of halogens is 1. The number of urea groups is 1. The van der Waals surface area contributed by atoms with E-state index in [0.29, 0.717) is 13.1 Å². The normalized spacial score (nSPS) is 19.8. The highest BCUT2D eigenvalue weighted by atomic mass is 35.5. The lowest BCUT2D eigenvalue weighted by Crippen LogP contribution is -2.38. The van der Waals surface area contributed by atoms with Crippen molar-refractivity contribution in [1.29, 1.82) is 0 Å². The Morgan fingerprint density at radius 3 is 2.61 bits per heavy atom. The quantitative estimate of drug-likeness (QED) is 0.685. The maximum atomic E-state index is 13.0. The van der Waals surface area contributed by atoms with Gasteiger partial charge in [0.15, 0.2) is 0 Å². The monoisotopic (exact) mass is 428 g/mol. The number of nitrogens with one attached hydrogen (secondary N) is 2. The lowest BCUT2D eigenvalue weighted by atomic mass is 9.93. The van der Waals surface area contributed by atoms with E-state index >= 15 is 0 Å². The van der Waals surface area contributed by atoms with Gasteiger partial charge in [0, 0.05) is 18.8 Å². The van der Waals surface area contributed by atoms with Crippen LogP contribution in [-0.2, 0) is 19.6 Å². The Labute approximate surface area is 168 Å². The van der Waals surface area contributed by atoms with Crippen LogP contribution >= 0.6 is 11.6 Å². The van der Waals surface area contributed by atoms with Gasteiger partial charge in [-0.1, -0.05) is 25.4 Å². The van der Waals surface area contributed by atoms with Gasteiger partial charge in [0.05, 0.1) is 11.6 Å². The number of anilines is 1. The predicted molar refractivity (Wildman–Crippen MR) is 102 cm³/mol. The van der Waals surface area contributed by atoms with Crippen LogP contribution < -0.4 is 10.6 Å². The van der Waals surface area contributed by atoms with Gasteiger partial charge in [-0.15, -0.1) is 0 Å². The van der Waals surface area contributed by atoms with Crippen molar-refractivity contribution in [1.82, 2.24) is 14.5 Å². The van der Waals surface area contributed by atoms with E-state index in [1.54, 1.807) is 0 Å². The zero-order chi connectivity index (χ0) is 20.7. The van der Waals surface area contributed by atoms with Crippen molar-refractivity contribution in [2.24, 2.45) is 5.41 Å². The fourth-order valence-corrected chi connectivity index (χ4v) is 5.28. The zero-order valence-corrected chi connectivity index (χ0v) is 17.1. The second-order valence-corrected chi connectivity index (χ2v) is 9.90. The molecule has 3 rings (SSSR count). The van der Waals surface area contributed by atoms with E-state index in [-0.39, 0.29) is 27.6 Å². The molecular weight excluding hydrogens is 408 g/mol. The largest absolute Gasteiger partial charge is 0.329 e. The predicted octanol–water partition coefficient (Wildman–Crippen LogP) is 1.25. The summed E-state index contributed by atoms with van der Waals surface area (Å²) in [5.41, 5.74) is 0.0901. The molecule has 2 N–H and O–H groups in total. The fraction of sp³-hybridized carbons (Fsp3) is 0.471. The summed E-state index contributed by atoms with van der Waals surface area (Å²) >= 11 is 6.12. The highest BCUT2D eigenvalue weighted by Crippen LogP contribution is 2.35. The van der Waals surface area contributed by atoms with Crippen molar-refractivity contribution < 1.29 is 22.8 Å². The summed E-state index contributed by atoms with van der Waals surface area (Å²) in [6, 6.07) is 3.49. The van der Waals surface area contributed by atoms with Crippen LogP contribution in [0.2, 0.25) is 5.02 Å². The SMILES string of the molecule is CC1(C)CCN(S(=O)(=O)c2cc(NC(=O)CN3C(=O)CNC3=O)ccc2Cl)C1. The van der Waals surface area contributed by atoms with E-state index < -0.39 is 34.4 Å². The van der Waals surface area contributed by atoms with E-state index in [2.05, 4.69) is 10.6 Å². The second-order valence-electron chi connectivity index (χ2n) is 7.58. The molecule has 2 aliphatic rings. The Kier molecular flexibility index (Phi) is 5.39. The molecule has 0 spiro atoms. The van der Waals surface area contributed by atoms with Crippen LogP contribution in [0.25, 0.3) is 0 Å². The molecule has 11 heteroatoms. The third-order valence-electron chi connectivity index (χ3n) is 4.71. The molecule has 0 aromatic heterocycles. The van der Waals surface area contributed by atoms with Gasteiger partial charge in [-0.2, -0.15) is 4.31 Å². The molecule has 2 fully saturated rings. The first-order valence-electron chi connectivity index (χ1n) is 8.67. The van der Waals surface area contributed by atoms with Gasteiger partial charge in [-0.3, -0.25) is 14.5 Å². The number of rotatable bonds is 5. The molecule has 0 aliphatic carbocycles. The first-order chi connectivity index (χ1) is 13.0. The second kappa shape index (κ2) is 7.34. The smallest absolute Gasteiger partial charge is 0.325 e. The number of amides is 4. The summed E-state index contributed by atoms with van der Waals surface area (Å²) in [4.78, 5) is 35.9. The summed E-state index contributed by atoms with van der Waals surface area (Å²) in [7, 11) is -3.82. The molecule has 0 saturated carbocycles. The van der Waals surface area contributed by atoms with E-state index in [1.165, 1.54) is 22.5 Å². The number of imide groups is 1. The first kappa shape index (κ1) is 20.6. The molecule has 0 atom stereocenters. The van der Waals surface area contributed by atoms with E-state index in [4.69, 9.17) is 11.6 Å². The molecule has 28 heavy (non-hydrogen) atoms. The number of hydrogen-bond acceptors (Lipinski definition) is 5. The Morgan fingerprint density at radius 1 is 1.32 bits per heavy atom. The molecule has 1 aromatic rings. The minimum Gasteiger partial charge on any atom is -0.329 e. The summed E-state index contributed by atoms with van der Waals surface area (Å²) < 4.78 is 27.3. The van der Waals surface area contributed by atoms with Crippen LogP contribution in [0, 0.1) is 5.41 Å². The molecule has 4 amide bonds. The Morgan fingerprint density at radius 2 is 2.04 bits per heavy atom. The van der Waals surface area contributed by atoms with Gasteiger partial charge in [-0.05, 0) is 30.0 Å². The van der Waals surface area contributed by atoms with Crippen LogP contribution in [0.5, 0.6) is 0 Å². The Bertz CT molecular complexity index is 931. The molecule has 2 aliphatic heterocycles. The van der Waals surface area contributed by atoms with E-state index in [0.717, 1.165) is 11.3 Å². The van der Waals surface area contributed by atoms with Crippen molar-refractivity contribution in [2.75, 3.05) is 31.5 Å². The van der Waals surface area contributed by atoms with Crippen molar-refractivity contribution in [3.63, 3.8) is 0 Å². The average molecular weight is 429 g/mol. The third-order valence-corrected chi connectivity index (χ3v) is 7.04. The average Bonchev–Trinajstić information content (AvgIpc) is 3.13. The highest BCUT2D eigenvalue weighted by Gasteiger charge is 2.38. The Hall–Kier alpha value is -2.17. The number of carbonyl (C=O) groups is 3. The number of nitrogens with zero attached hydrogens (tertiary/aromatic N) is 2. The fourth-order valence-electron chi connectivity index (χ4n) is 3.15. The summed E-state index contributed by atoms with van der Waals surface area (Å²) in [5, 5.41) is 4.87.